The lowest BCUT2D eigenvalue weighted by Crippen LogP contribution is -2.28. The summed E-state index contributed by atoms with van der Waals surface area (Å²) in [4.78, 5) is 12.6. The van der Waals surface area contributed by atoms with E-state index in [1.54, 1.807) is 0 Å². The van der Waals surface area contributed by atoms with E-state index in [1.807, 2.05) is 25.1 Å². The molecule has 2 heteroatoms. The molecule has 126 valence electrons. The van der Waals surface area contributed by atoms with Gasteiger partial charge < -0.3 is 5.32 Å². The van der Waals surface area contributed by atoms with Gasteiger partial charge >= 0.3 is 0 Å². The molecular weight excluding hydrogens is 294 g/mol. The fraction of sp³-hybridized carbons (Fsp3) is 0.409. The van der Waals surface area contributed by atoms with Crippen molar-refractivity contribution in [1.82, 2.24) is 5.32 Å². The summed E-state index contributed by atoms with van der Waals surface area (Å²) in [6, 6.07) is 12.7. The first-order valence-corrected chi connectivity index (χ1v) is 9.08. The van der Waals surface area contributed by atoms with Crippen LogP contribution in [-0.4, -0.2) is 5.91 Å². The van der Waals surface area contributed by atoms with Crippen molar-refractivity contribution in [3.63, 3.8) is 0 Å². The number of amides is 1. The number of rotatable bonds is 4. The number of fused-ring (bicyclic) bond motifs is 1. The van der Waals surface area contributed by atoms with Crippen molar-refractivity contribution < 1.29 is 4.79 Å². The second kappa shape index (κ2) is 7.21. The minimum atomic E-state index is 0.0164. The van der Waals surface area contributed by atoms with Crippen LogP contribution < -0.4 is 5.32 Å². The van der Waals surface area contributed by atoms with Crippen LogP contribution >= 0.6 is 0 Å². The van der Waals surface area contributed by atoms with Gasteiger partial charge in [-0.15, -0.1) is 0 Å². The lowest BCUT2D eigenvalue weighted by atomic mass is 9.88. The summed E-state index contributed by atoms with van der Waals surface area (Å²) in [5.74, 6) is 0.0164. The van der Waals surface area contributed by atoms with E-state index < -0.39 is 0 Å². The molecule has 0 heterocycles. The Kier molecular flexibility index (Phi) is 5.03. The maximum absolute atomic E-state index is 12.6. The fourth-order valence-electron chi connectivity index (χ4n) is 3.52. The zero-order valence-corrected chi connectivity index (χ0v) is 15.0. The van der Waals surface area contributed by atoms with Gasteiger partial charge in [-0.05, 0) is 85.9 Å². The molecule has 0 saturated carbocycles. The van der Waals surface area contributed by atoms with Crippen LogP contribution in [0.5, 0.6) is 0 Å². The van der Waals surface area contributed by atoms with Gasteiger partial charge in [-0.3, -0.25) is 4.79 Å². The predicted octanol–water partition coefficient (Wildman–Crippen LogP) is 5.06. The van der Waals surface area contributed by atoms with Gasteiger partial charge in [-0.2, -0.15) is 0 Å². The van der Waals surface area contributed by atoms with Gasteiger partial charge in [0.25, 0.3) is 5.91 Å². The molecule has 24 heavy (non-hydrogen) atoms. The first-order valence-electron chi connectivity index (χ1n) is 9.08. The van der Waals surface area contributed by atoms with E-state index in [-0.39, 0.29) is 11.9 Å². The Bertz CT molecular complexity index is 748. The molecule has 3 rings (SSSR count). The Morgan fingerprint density at radius 2 is 1.75 bits per heavy atom. The number of hydrogen-bond acceptors (Lipinski definition) is 1. The lowest BCUT2D eigenvalue weighted by Gasteiger charge is -2.22. The Hall–Kier alpha value is -2.09. The smallest absolute Gasteiger partial charge is 0.251 e. The Labute approximate surface area is 145 Å². The van der Waals surface area contributed by atoms with E-state index in [0.717, 1.165) is 17.5 Å². The van der Waals surface area contributed by atoms with Gasteiger partial charge in [0.15, 0.2) is 0 Å². The molecule has 0 bridgehead atoms. The van der Waals surface area contributed by atoms with Crippen molar-refractivity contribution in [2.45, 2.75) is 58.9 Å². The van der Waals surface area contributed by atoms with E-state index in [2.05, 4.69) is 37.4 Å². The average Bonchev–Trinajstić information content (AvgIpc) is 2.61. The van der Waals surface area contributed by atoms with Gasteiger partial charge in [0.1, 0.15) is 0 Å². The third-order valence-corrected chi connectivity index (χ3v) is 5.26. The van der Waals surface area contributed by atoms with Gasteiger partial charge in [0.2, 0.25) is 0 Å². The molecule has 0 unspecified atom stereocenters. The van der Waals surface area contributed by atoms with Crippen LogP contribution in [-0.2, 0) is 12.8 Å². The molecule has 1 aliphatic rings. The molecule has 0 radical (unpaired) electrons. The number of carbonyl (C=O) groups is 1. The van der Waals surface area contributed by atoms with Crippen molar-refractivity contribution in [1.29, 1.82) is 0 Å². The third kappa shape index (κ3) is 3.53. The molecule has 2 aromatic carbocycles. The van der Waals surface area contributed by atoms with Crippen LogP contribution in [0.2, 0.25) is 0 Å². The molecule has 0 saturated heterocycles. The van der Waals surface area contributed by atoms with Crippen LogP contribution in [0.3, 0.4) is 0 Å². The molecule has 2 aromatic rings. The van der Waals surface area contributed by atoms with E-state index in [9.17, 15) is 4.79 Å². The second-order valence-corrected chi connectivity index (χ2v) is 6.97. The highest BCUT2D eigenvalue weighted by Crippen LogP contribution is 2.26. The van der Waals surface area contributed by atoms with E-state index in [4.69, 9.17) is 0 Å². The van der Waals surface area contributed by atoms with Crippen molar-refractivity contribution in [2.75, 3.05) is 0 Å². The van der Waals surface area contributed by atoms with Crippen molar-refractivity contribution >= 4 is 5.91 Å². The normalized spacial score (nSPS) is 14.8. The summed E-state index contributed by atoms with van der Waals surface area (Å²) < 4.78 is 0. The van der Waals surface area contributed by atoms with E-state index in [1.165, 1.54) is 47.9 Å². The quantitative estimate of drug-likeness (QED) is 0.837. The summed E-state index contributed by atoms with van der Waals surface area (Å²) in [6.07, 6.45) is 5.84. The minimum absolute atomic E-state index is 0.0164. The van der Waals surface area contributed by atoms with Crippen molar-refractivity contribution in [2.24, 2.45) is 0 Å². The molecule has 0 spiro atoms. The maximum atomic E-state index is 12.6. The molecule has 1 atom stereocenters. The number of nitrogens with one attached hydrogen (secondary N) is 1. The average molecular weight is 321 g/mol. The van der Waals surface area contributed by atoms with Crippen LogP contribution in [0, 0.1) is 13.8 Å². The summed E-state index contributed by atoms with van der Waals surface area (Å²) >= 11 is 0. The summed E-state index contributed by atoms with van der Waals surface area (Å²) in [5, 5.41) is 3.21. The molecule has 0 aromatic heterocycles. The van der Waals surface area contributed by atoms with Crippen LogP contribution in [0.25, 0.3) is 0 Å². The fourth-order valence-corrected chi connectivity index (χ4v) is 3.52. The maximum Gasteiger partial charge on any atom is 0.251 e. The summed E-state index contributed by atoms with van der Waals surface area (Å²) in [5.41, 5.74) is 7.31. The first kappa shape index (κ1) is 16.8. The van der Waals surface area contributed by atoms with Gasteiger partial charge in [-0.1, -0.05) is 31.2 Å². The second-order valence-electron chi connectivity index (χ2n) is 6.97. The number of aryl methyl sites for hydroxylation is 4. The molecule has 1 aliphatic carbocycles. The molecule has 1 N–H and O–H groups in total. The number of carbonyl (C=O) groups excluding carboxylic acids is 1. The lowest BCUT2D eigenvalue weighted by molar-refractivity contribution is 0.0935. The molecule has 0 aliphatic heterocycles. The monoisotopic (exact) mass is 321 g/mol. The summed E-state index contributed by atoms with van der Waals surface area (Å²) in [6.45, 7) is 6.25. The van der Waals surface area contributed by atoms with Crippen LogP contribution in [0.15, 0.2) is 36.4 Å². The van der Waals surface area contributed by atoms with Crippen LogP contribution in [0.4, 0.5) is 0 Å². The first-order chi connectivity index (χ1) is 11.6. The van der Waals surface area contributed by atoms with Gasteiger partial charge in [0, 0.05) is 5.56 Å². The minimum Gasteiger partial charge on any atom is -0.345 e. The summed E-state index contributed by atoms with van der Waals surface area (Å²) in [7, 11) is 0. The van der Waals surface area contributed by atoms with Crippen LogP contribution in [0.1, 0.15) is 70.4 Å². The number of hydrogen-bond donors (Lipinski definition) is 1. The molecule has 0 fully saturated rings. The Morgan fingerprint density at radius 1 is 1.00 bits per heavy atom. The highest BCUT2D eigenvalue weighted by Gasteiger charge is 2.17. The number of benzene rings is 2. The highest BCUT2D eigenvalue weighted by atomic mass is 16.1. The highest BCUT2D eigenvalue weighted by molar-refractivity contribution is 5.94. The van der Waals surface area contributed by atoms with E-state index in [0.29, 0.717) is 0 Å². The molecule has 2 nitrogen and oxygen atoms in total. The largest absolute Gasteiger partial charge is 0.345 e. The molecule has 1 amide bonds. The zero-order valence-electron chi connectivity index (χ0n) is 15.0. The standard InChI is InChI=1S/C22H27NO/c1-4-21(19-12-11-17-7-5-6-8-18(17)14-19)23-22(24)20-10-9-15(2)16(3)13-20/h9-14,21H,4-8H2,1-3H3,(H,23,24)/t21-/m0/s1. The van der Waals surface area contributed by atoms with Gasteiger partial charge in [0.05, 0.1) is 6.04 Å². The zero-order chi connectivity index (χ0) is 17.1. The SMILES string of the molecule is CC[C@H](NC(=O)c1ccc(C)c(C)c1)c1ccc2c(c1)CCCC2. The Balaban J connectivity index is 1.79. The van der Waals surface area contributed by atoms with E-state index >= 15 is 0 Å². The Morgan fingerprint density at radius 3 is 2.46 bits per heavy atom. The molecular formula is C22H27NO. The van der Waals surface area contributed by atoms with Crippen molar-refractivity contribution in [3.05, 3.63) is 69.8 Å². The third-order valence-electron chi connectivity index (χ3n) is 5.26. The topological polar surface area (TPSA) is 29.1 Å². The van der Waals surface area contributed by atoms with Crippen molar-refractivity contribution in [3.8, 4) is 0 Å². The predicted molar refractivity (Wildman–Crippen MR) is 99.5 cm³/mol. The van der Waals surface area contributed by atoms with Gasteiger partial charge in [-0.25, -0.2) is 0 Å².